The predicted octanol–water partition coefficient (Wildman–Crippen LogP) is 19.1. The maximum atomic E-state index is 13.0. The van der Waals surface area contributed by atoms with Crippen molar-refractivity contribution in [1.29, 1.82) is 0 Å². The first-order valence-electron chi connectivity index (χ1n) is 36.9. The van der Waals surface area contributed by atoms with Crippen molar-refractivity contribution in [2.45, 2.75) is 397 Å². The summed E-state index contributed by atoms with van der Waals surface area (Å²) in [6.45, 7) is 4.23. The van der Waals surface area contributed by atoms with Gasteiger partial charge in [0, 0.05) is 12.8 Å². The average molecular weight is 1210 g/mol. The Morgan fingerprint density at radius 3 is 1.21 bits per heavy atom. The second-order valence-electron chi connectivity index (χ2n) is 25.6. The van der Waals surface area contributed by atoms with Gasteiger partial charge < -0.3 is 45.1 Å². The van der Waals surface area contributed by atoms with Crippen LogP contribution in [-0.2, 0) is 23.8 Å². The first-order valence-corrected chi connectivity index (χ1v) is 36.9. The molecule has 0 bridgehead atoms. The molecule has 86 heavy (non-hydrogen) atoms. The summed E-state index contributed by atoms with van der Waals surface area (Å²) in [5.74, 6) is -0.179. The molecule has 7 unspecified atom stereocenters. The number of carbonyl (C=O) groups excluding carboxylic acids is 2. The molecule has 1 fully saturated rings. The quantitative estimate of drug-likeness (QED) is 0.0195. The Bertz CT molecular complexity index is 1570. The third-order valence-electron chi connectivity index (χ3n) is 17.4. The molecule has 0 aromatic rings. The zero-order valence-electron chi connectivity index (χ0n) is 56.0. The molecule has 1 amide bonds. The Hall–Kier alpha value is -2.38. The smallest absolute Gasteiger partial charge is 0.305 e. The van der Waals surface area contributed by atoms with Crippen LogP contribution >= 0.6 is 0 Å². The lowest BCUT2D eigenvalue weighted by Gasteiger charge is -2.40. The van der Waals surface area contributed by atoms with E-state index >= 15 is 0 Å². The normalized spacial score (nSPS) is 18.2. The summed E-state index contributed by atoms with van der Waals surface area (Å²) in [6, 6.07) is -0.831. The zero-order valence-corrected chi connectivity index (χ0v) is 56.0. The van der Waals surface area contributed by atoms with Crippen LogP contribution in [0.25, 0.3) is 0 Å². The Morgan fingerprint density at radius 2 is 0.791 bits per heavy atom. The third-order valence-corrected chi connectivity index (χ3v) is 17.4. The van der Waals surface area contributed by atoms with Gasteiger partial charge in [0.25, 0.3) is 0 Å². The fourth-order valence-corrected chi connectivity index (χ4v) is 11.6. The van der Waals surface area contributed by atoms with Gasteiger partial charge in [0.1, 0.15) is 24.4 Å². The van der Waals surface area contributed by atoms with Gasteiger partial charge in [-0.25, -0.2) is 0 Å². The van der Waals surface area contributed by atoms with Crippen molar-refractivity contribution in [3.05, 3.63) is 48.6 Å². The van der Waals surface area contributed by atoms with Gasteiger partial charge >= 0.3 is 5.97 Å². The molecule has 0 aliphatic carbocycles. The number of rotatable bonds is 65. The second kappa shape index (κ2) is 64.2. The summed E-state index contributed by atoms with van der Waals surface area (Å²) in [4.78, 5) is 25.0. The Kier molecular flexibility index (Phi) is 60.9. The molecule has 0 aromatic heterocycles. The molecular weight excluding hydrogens is 1070 g/mol. The highest BCUT2D eigenvalue weighted by molar-refractivity contribution is 5.76. The van der Waals surface area contributed by atoms with Crippen LogP contribution in [0.15, 0.2) is 48.6 Å². The number of amides is 1. The van der Waals surface area contributed by atoms with Crippen molar-refractivity contribution in [2.75, 3.05) is 19.8 Å². The van der Waals surface area contributed by atoms with Crippen LogP contribution in [0.1, 0.15) is 354 Å². The van der Waals surface area contributed by atoms with E-state index in [9.17, 15) is 35.1 Å². The predicted molar refractivity (Wildman–Crippen MR) is 361 cm³/mol. The lowest BCUT2D eigenvalue weighted by molar-refractivity contribution is -0.302. The molecule has 11 heteroatoms. The monoisotopic (exact) mass is 1210 g/mol. The Balaban J connectivity index is 1.89. The third kappa shape index (κ3) is 52.4. The number of carbonyl (C=O) groups is 2. The van der Waals surface area contributed by atoms with Crippen molar-refractivity contribution < 1.29 is 49.3 Å². The summed E-state index contributed by atoms with van der Waals surface area (Å²) in [5, 5.41) is 54.3. The van der Waals surface area contributed by atoms with E-state index in [0.29, 0.717) is 19.4 Å². The van der Waals surface area contributed by atoms with Crippen LogP contribution < -0.4 is 5.32 Å². The fourth-order valence-electron chi connectivity index (χ4n) is 11.6. The number of allylic oxidation sites excluding steroid dienone is 7. The Morgan fingerprint density at radius 1 is 0.430 bits per heavy atom. The summed E-state index contributed by atoms with van der Waals surface area (Å²) < 4.78 is 16.7. The maximum absolute atomic E-state index is 13.0. The number of aliphatic hydroxyl groups excluding tert-OH is 5. The minimum atomic E-state index is -1.58. The zero-order chi connectivity index (χ0) is 62.3. The van der Waals surface area contributed by atoms with Crippen molar-refractivity contribution in [3.63, 3.8) is 0 Å². The number of esters is 1. The fraction of sp³-hybridized carbons (Fsp3) is 0.867. The van der Waals surface area contributed by atoms with E-state index in [2.05, 4.69) is 55.6 Å². The number of unbranched alkanes of at least 4 members (excludes halogenated alkanes) is 45. The second-order valence-corrected chi connectivity index (χ2v) is 25.6. The minimum absolute atomic E-state index is 0.0148. The number of hydrogen-bond donors (Lipinski definition) is 6. The molecule has 0 aromatic carbocycles. The molecule has 1 rings (SSSR count). The van der Waals surface area contributed by atoms with Gasteiger partial charge in [-0.1, -0.05) is 313 Å². The number of hydrogen-bond acceptors (Lipinski definition) is 10. The van der Waals surface area contributed by atoms with Crippen LogP contribution in [0.2, 0.25) is 0 Å². The summed E-state index contributed by atoms with van der Waals surface area (Å²) >= 11 is 0. The SMILES string of the molecule is CC/C=C/CC/C=C/CC/C=C/C(O)C(COC1OC(CO)C(O)C(O)C1O)NC(=O)CCCCCCCCCCCCCCCCCCC/C=C\CCCCCCCCCCCCCCCCCCOC(=O)CCCCCCCCCCCCC. The van der Waals surface area contributed by atoms with E-state index in [1.807, 2.05) is 6.08 Å². The van der Waals surface area contributed by atoms with E-state index in [0.717, 1.165) is 64.2 Å². The van der Waals surface area contributed by atoms with Gasteiger partial charge in [0.15, 0.2) is 6.29 Å². The molecule has 0 radical (unpaired) electrons. The molecule has 0 saturated carbocycles. The molecular formula is C75H139NO10. The van der Waals surface area contributed by atoms with Gasteiger partial charge in [0.2, 0.25) is 5.91 Å². The standard InChI is InChI=1S/C75H139NO10/c1-3-5-7-9-11-13-42-47-51-55-59-63-71(80)84-64-60-56-52-48-44-41-39-37-35-33-31-29-27-25-23-21-19-17-15-16-18-20-22-24-26-28-30-32-34-36-38-40-43-46-50-54-58-62-70(79)76-67(66-85-75-74(83)73(82)72(81)69(65-77)86-75)68(78)61-57-53-49-45-14-12-10-8-6-4-2/h6,8,14-15,17,45,57,61,67-69,72-75,77-78,81-83H,3-5,7,9-13,16,18-44,46-56,58-60,62-66H2,1-2H3,(H,76,79)/b8-6+,17-15-,45-14+,61-57+. The van der Waals surface area contributed by atoms with E-state index < -0.39 is 49.5 Å². The molecule has 504 valence electrons. The lowest BCUT2D eigenvalue weighted by Crippen LogP contribution is -2.60. The van der Waals surface area contributed by atoms with Crippen LogP contribution in [0, 0.1) is 0 Å². The largest absolute Gasteiger partial charge is 0.466 e. The van der Waals surface area contributed by atoms with Crippen LogP contribution in [0.4, 0.5) is 0 Å². The molecule has 0 spiro atoms. The minimum Gasteiger partial charge on any atom is -0.466 e. The number of aliphatic hydroxyl groups is 5. The molecule has 1 saturated heterocycles. The Labute approximate surface area is 529 Å². The van der Waals surface area contributed by atoms with Crippen LogP contribution in [0.3, 0.4) is 0 Å². The molecule has 7 atom stereocenters. The number of nitrogens with one attached hydrogen (secondary N) is 1. The summed E-state index contributed by atoms with van der Waals surface area (Å²) in [6.07, 6.45) is 74.4. The molecule has 11 nitrogen and oxygen atoms in total. The highest BCUT2D eigenvalue weighted by atomic mass is 16.7. The van der Waals surface area contributed by atoms with Gasteiger partial charge in [-0.3, -0.25) is 9.59 Å². The van der Waals surface area contributed by atoms with Crippen molar-refractivity contribution >= 4 is 11.9 Å². The molecule has 1 aliphatic heterocycles. The van der Waals surface area contributed by atoms with Crippen molar-refractivity contribution in [2.24, 2.45) is 0 Å². The molecule has 1 aliphatic rings. The van der Waals surface area contributed by atoms with E-state index in [1.54, 1.807) is 6.08 Å². The first kappa shape index (κ1) is 81.6. The van der Waals surface area contributed by atoms with Gasteiger partial charge in [-0.05, 0) is 77.0 Å². The van der Waals surface area contributed by atoms with Crippen LogP contribution in [0.5, 0.6) is 0 Å². The van der Waals surface area contributed by atoms with Crippen molar-refractivity contribution in [1.82, 2.24) is 5.32 Å². The van der Waals surface area contributed by atoms with Gasteiger partial charge in [-0.2, -0.15) is 0 Å². The van der Waals surface area contributed by atoms with E-state index in [1.165, 1.54) is 263 Å². The van der Waals surface area contributed by atoms with E-state index in [-0.39, 0.29) is 18.5 Å². The average Bonchev–Trinajstić information content (AvgIpc) is 3.72. The van der Waals surface area contributed by atoms with E-state index in [4.69, 9.17) is 14.2 Å². The van der Waals surface area contributed by atoms with Gasteiger partial charge in [0.05, 0.1) is 32.0 Å². The highest BCUT2D eigenvalue weighted by Gasteiger charge is 2.44. The maximum Gasteiger partial charge on any atom is 0.305 e. The van der Waals surface area contributed by atoms with Crippen LogP contribution in [-0.4, -0.2) is 100 Å². The topological polar surface area (TPSA) is 175 Å². The molecule has 6 N–H and O–H groups in total. The van der Waals surface area contributed by atoms with Gasteiger partial charge in [-0.15, -0.1) is 0 Å². The van der Waals surface area contributed by atoms with Crippen molar-refractivity contribution in [3.8, 4) is 0 Å². The molecule has 1 heterocycles. The lowest BCUT2D eigenvalue weighted by atomic mass is 9.99. The summed E-state index contributed by atoms with van der Waals surface area (Å²) in [5.41, 5.74) is 0. The highest BCUT2D eigenvalue weighted by Crippen LogP contribution is 2.23. The number of ether oxygens (including phenoxy) is 3. The first-order chi connectivity index (χ1) is 42.2. The summed E-state index contributed by atoms with van der Waals surface area (Å²) in [7, 11) is 0.